The van der Waals surface area contributed by atoms with Crippen LogP contribution in [0.4, 0.5) is 5.69 Å². The Kier molecular flexibility index (Phi) is 4.63. The van der Waals surface area contributed by atoms with Crippen LogP contribution in [0.2, 0.25) is 5.02 Å². The number of hydrogen-bond acceptors (Lipinski definition) is 4. The molecular weight excluding hydrogens is 362 g/mol. The molecule has 0 fully saturated rings. The summed E-state index contributed by atoms with van der Waals surface area (Å²) in [4.78, 5) is 20.7. The summed E-state index contributed by atoms with van der Waals surface area (Å²) in [5.74, 6) is -0.308. The lowest BCUT2D eigenvalue weighted by Gasteiger charge is -2.07. The Morgan fingerprint density at radius 2 is 1.63 bits per heavy atom. The third-order valence-corrected chi connectivity index (χ3v) is 4.14. The van der Waals surface area contributed by atoms with Crippen LogP contribution in [0.1, 0.15) is 10.5 Å². The van der Waals surface area contributed by atoms with E-state index in [0.29, 0.717) is 16.4 Å². The Morgan fingerprint density at radius 3 is 2.33 bits per heavy atom. The van der Waals surface area contributed by atoms with Crippen molar-refractivity contribution in [3.05, 3.63) is 90.1 Å². The van der Waals surface area contributed by atoms with Crippen LogP contribution >= 0.6 is 11.6 Å². The molecule has 0 aliphatic heterocycles. The summed E-state index contributed by atoms with van der Waals surface area (Å²) in [6, 6.07) is 16.2. The normalized spacial score (nSPS) is 10.6. The first-order valence-electron chi connectivity index (χ1n) is 8.18. The Balaban J connectivity index is 1.77. The lowest BCUT2D eigenvalue weighted by molar-refractivity contribution is 0.102. The number of aromatic nitrogens is 4. The highest BCUT2D eigenvalue weighted by atomic mass is 35.5. The Labute approximate surface area is 160 Å². The average molecular weight is 376 g/mol. The molecule has 132 valence electrons. The lowest BCUT2D eigenvalue weighted by atomic mass is 10.2. The fraction of sp³-hybridized carbons (Fsp3) is 0. The summed E-state index contributed by atoms with van der Waals surface area (Å²) in [6.07, 6.45) is 6.62. The maximum Gasteiger partial charge on any atom is 0.276 e. The van der Waals surface area contributed by atoms with Crippen LogP contribution in [0.15, 0.2) is 79.4 Å². The van der Waals surface area contributed by atoms with E-state index in [2.05, 4.69) is 20.4 Å². The number of nitrogens with one attached hydrogen (secondary N) is 1. The Hall–Kier alpha value is -3.51. The van der Waals surface area contributed by atoms with Crippen LogP contribution in [0.3, 0.4) is 0 Å². The highest BCUT2D eigenvalue weighted by molar-refractivity contribution is 6.30. The molecule has 4 rings (SSSR count). The number of amides is 1. The van der Waals surface area contributed by atoms with Gasteiger partial charge in [-0.25, -0.2) is 4.68 Å². The zero-order valence-corrected chi connectivity index (χ0v) is 14.8. The van der Waals surface area contributed by atoms with Gasteiger partial charge in [0.1, 0.15) is 0 Å². The maximum atomic E-state index is 12.7. The van der Waals surface area contributed by atoms with E-state index in [1.807, 2.05) is 24.3 Å². The predicted molar refractivity (Wildman–Crippen MR) is 104 cm³/mol. The van der Waals surface area contributed by atoms with E-state index in [1.54, 1.807) is 59.8 Å². The van der Waals surface area contributed by atoms with Crippen molar-refractivity contribution < 1.29 is 4.79 Å². The zero-order chi connectivity index (χ0) is 18.6. The fourth-order valence-corrected chi connectivity index (χ4v) is 2.84. The van der Waals surface area contributed by atoms with Crippen molar-refractivity contribution in [1.29, 1.82) is 0 Å². The van der Waals surface area contributed by atoms with Crippen LogP contribution in [0, 0.1) is 0 Å². The molecule has 0 saturated heterocycles. The molecule has 0 bridgehead atoms. The summed E-state index contributed by atoms with van der Waals surface area (Å²) < 4.78 is 1.70. The van der Waals surface area contributed by atoms with Gasteiger partial charge in [-0.15, -0.1) is 0 Å². The number of rotatable bonds is 4. The maximum absolute atomic E-state index is 12.7. The zero-order valence-electron chi connectivity index (χ0n) is 14.1. The molecular formula is C20H14ClN5O. The van der Waals surface area contributed by atoms with E-state index in [4.69, 9.17) is 11.6 Å². The van der Waals surface area contributed by atoms with Gasteiger partial charge in [0, 0.05) is 41.1 Å². The smallest absolute Gasteiger partial charge is 0.276 e. The number of carbonyl (C=O) groups is 1. The summed E-state index contributed by atoms with van der Waals surface area (Å²) in [7, 11) is 0. The van der Waals surface area contributed by atoms with Gasteiger partial charge in [0.05, 0.1) is 11.4 Å². The van der Waals surface area contributed by atoms with Gasteiger partial charge < -0.3 is 5.32 Å². The van der Waals surface area contributed by atoms with Crippen molar-refractivity contribution in [3.63, 3.8) is 0 Å². The van der Waals surface area contributed by atoms with Gasteiger partial charge in [0.2, 0.25) is 0 Å². The molecule has 1 N–H and O–H groups in total. The molecule has 6 nitrogen and oxygen atoms in total. The molecule has 0 aliphatic rings. The van der Waals surface area contributed by atoms with Gasteiger partial charge >= 0.3 is 0 Å². The number of halogens is 1. The molecule has 0 radical (unpaired) electrons. The summed E-state index contributed by atoms with van der Waals surface area (Å²) >= 11 is 6.13. The Bertz CT molecular complexity index is 1080. The van der Waals surface area contributed by atoms with Crippen molar-refractivity contribution in [3.8, 4) is 16.9 Å². The minimum absolute atomic E-state index is 0.290. The number of anilines is 1. The molecule has 0 aliphatic carbocycles. The summed E-state index contributed by atoms with van der Waals surface area (Å²) in [6.45, 7) is 0. The number of nitrogens with zero attached hydrogens (tertiary/aromatic N) is 4. The van der Waals surface area contributed by atoms with Crippen molar-refractivity contribution in [2.24, 2.45) is 0 Å². The molecule has 0 unspecified atom stereocenters. The topological polar surface area (TPSA) is 72.7 Å². The molecule has 7 heteroatoms. The fourth-order valence-electron chi connectivity index (χ4n) is 2.66. The third kappa shape index (κ3) is 3.70. The van der Waals surface area contributed by atoms with Crippen LogP contribution in [0.25, 0.3) is 16.9 Å². The van der Waals surface area contributed by atoms with Gasteiger partial charge in [0.15, 0.2) is 5.69 Å². The second-order valence-corrected chi connectivity index (χ2v) is 6.17. The summed E-state index contributed by atoms with van der Waals surface area (Å²) in [5.41, 5.74) is 3.36. The monoisotopic (exact) mass is 375 g/mol. The first-order chi connectivity index (χ1) is 13.2. The standard InChI is InChI=1S/C20H14ClN5O/c21-15-2-1-3-17(12-15)26-19(14-4-8-22-9-5-14)13-18(25-26)20(27)24-16-6-10-23-11-7-16/h1-13H,(H,23,24,27). The van der Waals surface area contributed by atoms with Crippen LogP contribution in [0.5, 0.6) is 0 Å². The van der Waals surface area contributed by atoms with E-state index in [1.165, 1.54) is 0 Å². The molecule has 3 heterocycles. The minimum atomic E-state index is -0.308. The molecule has 4 aromatic rings. The number of pyridine rings is 2. The lowest BCUT2D eigenvalue weighted by Crippen LogP contribution is -2.13. The number of hydrogen-bond donors (Lipinski definition) is 1. The van der Waals surface area contributed by atoms with E-state index < -0.39 is 0 Å². The van der Waals surface area contributed by atoms with Crippen molar-refractivity contribution in [2.45, 2.75) is 0 Å². The molecule has 0 atom stereocenters. The van der Waals surface area contributed by atoms with Gasteiger partial charge in [-0.3, -0.25) is 14.8 Å². The second kappa shape index (κ2) is 7.39. The van der Waals surface area contributed by atoms with E-state index in [-0.39, 0.29) is 5.91 Å². The SMILES string of the molecule is O=C(Nc1ccncc1)c1cc(-c2ccncc2)n(-c2cccc(Cl)c2)n1. The van der Waals surface area contributed by atoms with Gasteiger partial charge in [0.25, 0.3) is 5.91 Å². The molecule has 0 saturated carbocycles. The quantitative estimate of drug-likeness (QED) is 0.579. The third-order valence-electron chi connectivity index (χ3n) is 3.91. The highest BCUT2D eigenvalue weighted by Gasteiger charge is 2.17. The minimum Gasteiger partial charge on any atom is -0.320 e. The molecule has 0 spiro atoms. The van der Waals surface area contributed by atoms with E-state index >= 15 is 0 Å². The van der Waals surface area contributed by atoms with Gasteiger partial charge in [-0.1, -0.05) is 17.7 Å². The molecule has 3 aromatic heterocycles. The first kappa shape index (κ1) is 16.9. The van der Waals surface area contributed by atoms with Gasteiger partial charge in [-0.2, -0.15) is 5.10 Å². The van der Waals surface area contributed by atoms with Crippen molar-refractivity contribution >= 4 is 23.2 Å². The Morgan fingerprint density at radius 1 is 0.926 bits per heavy atom. The van der Waals surface area contributed by atoms with Crippen molar-refractivity contribution in [2.75, 3.05) is 5.32 Å². The second-order valence-electron chi connectivity index (χ2n) is 5.73. The molecule has 1 aromatic carbocycles. The van der Waals surface area contributed by atoms with Crippen LogP contribution in [-0.4, -0.2) is 25.7 Å². The summed E-state index contributed by atoms with van der Waals surface area (Å²) in [5, 5.41) is 7.91. The predicted octanol–water partition coefficient (Wildman–Crippen LogP) is 4.24. The van der Waals surface area contributed by atoms with Gasteiger partial charge in [-0.05, 0) is 48.5 Å². The van der Waals surface area contributed by atoms with E-state index in [9.17, 15) is 4.79 Å². The number of benzene rings is 1. The van der Waals surface area contributed by atoms with Crippen LogP contribution in [-0.2, 0) is 0 Å². The van der Waals surface area contributed by atoms with E-state index in [0.717, 1.165) is 16.9 Å². The van der Waals surface area contributed by atoms with Crippen molar-refractivity contribution in [1.82, 2.24) is 19.7 Å². The molecule has 27 heavy (non-hydrogen) atoms. The average Bonchev–Trinajstić information content (AvgIpc) is 3.15. The highest BCUT2D eigenvalue weighted by Crippen LogP contribution is 2.25. The molecule has 1 amide bonds. The number of carbonyl (C=O) groups excluding carboxylic acids is 1. The van der Waals surface area contributed by atoms with Crippen LogP contribution < -0.4 is 5.32 Å². The first-order valence-corrected chi connectivity index (χ1v) is 8.56. The largest absolute Gasteiger partial charge is 0.320 e.